The second kappa shape index (κ2) is 3.55. The Labute approximate surface area is 72.4 Å². The smallest absolute Gasteiger partial charge is 0.268 e. The van der Waals surface area contributed by atoms with Crippen molar-refractivity contribution in [2.75, 3.05) is 0 Å². The fourth-order valence-electron chi connectivity index (χ4n) is 0.972. The number of carbonyl (C=O) groups is 1. The van der Waals surface area contributed by atoms with Gasteiger partial charge in [0.05, 0.1) is 5.56 Å². The summed E-state index contributed by atoms with van der Waals surface area (Å²) in [6, 6.07) is 0.870. The molecule has 1 heterocycles. The molecule has 0 spiro atoms. The third-order valence-electron chi connectivity index (χ3n) is 1.50. The molecule has 0 saturated carbocycles. The molecule has 0 bridgehead atoms. The van der Waals surface area contributed by atoms with Crippen LogP contribution >= 0.6 is 0 Å². The van der Waals surface area contributed by atoms with Crippen molar-refractivity contribution < 1.29 is 18.0 Å². The van der Waals surface area contributed by atoms with E-state index in [1.165, 1.54) is 6.92 Å². The number of rotatable bonds is 2. The molecule has 13 heavy (non-hydrogen) atoms. The van der Waals surface area contributed by atoms with Gasteiger partial charge in [-0.1, -0.05) is 0 Å². The third-order valence-corrected chi connectivity index (χ3v) is 1.50. The minimum atomic E-state index is -3.02. The Balaban J connectivity index is 3.38. The first kappa shape index (κ1) is 9.70. The molecule has 2 nitrogen and oxygen atoms in total. The van der Waals surface area contributed by atoms with Gasteiger partial charge in [-0.05, 0) is 13.0 Å². The standard InChI is InChI=1S/C8H6F3NO/c1-4-2-5(9)7(8(10)11)6(3-13)12-4/h2-3,8H,1H3. The molecule has 0 aliphatic carbocycles. The van der Waals surface area contributed by atoms with E-state index in [9.17, 15) is 18.0 Å². The SMILES string of the molecule is Cc1cc(F)c(C(F)F)c(C=O)n1. The maximum atomic E-state index is 12.9. The molecule has 0 unspecified atom stereocenters. The summed E-state index contributed by atoms with van der Waals surface area (Å²) in [6.45, 7) is 1.42. The molecule has 0 aliphatic rings. The van der Waals surface area contributed by atoms with Crippen molar-refractivity contribution in [2.45, 2.75) is 13.3 Å². The van der Waals surface area contributed by atoms with Crippen LogP contribution in [0, 0.1) is 12.7 Å². The third kappa shape index (κ3) is 1.85. The molecule has 0 radical (unpaired) electrons. The zero-order valence-corrected chi connectivity index (χ0v) is 6.72. The number of nitrogens with zero attached hydrogens (tertiary/aromatic N) is 1. The number of aldehydes is 1. The van der Waals surface area contributed by atoms with Gasteiger partial charge in [0.25, 0.3) is 6.43 Å². The average Bonchev–Trinajstić information content (AvgIpc) is 2.01. The van der Waals surface area contributed by atoms with Crippen LogP contribution in [0.5, 0.6) is 0 Å². The lowest BCUT2D eigenvalue weighted by Gasteiger charge is -2.04. The van der Waals surface area contributed by atoms with Crippen molar-refractivity contribution in [3.8, 4) is 0 Å². The average molecular weight is 189 g/mol. The van der Waals surface area contributed by atoms with Gasteiger partial charge in [0.1, 0.15) is 11.5 Å². The van der Waals surface area contributed by atoms with Gasteiger partial charge in [-0.2, -0.15) is 0 Å². The van der Waals surface area contributed by atoms with Crippen molar-refractivity contribution >= 4 is 6.29 Å². The normalized spacial score (nSPS) is 10.5. The Kier molecular flexibility index (Phi) is 2.65. The summed E-state index contributed by atoms with van der Waals surface area (Å²) in [6.07, 6.45) is -2.90. The second-order valence-corrected chi connectivity index (χ2v) is 2.46. The lowest BCUT2D eigenvalue weighted by Crippen LogP contribution is -2.02. The maximum absolute atomic E-state index is 12.9. The summed E-state index contributed by atoms with van der Waals surface area (Å²) in [7, 11) is 0. The van der Waals surface area contributed by atoms with E-state index >= 15 is 0 Å². The first-order valence-corrected chi connectivity index (χ1v) is 3.46. The Morgan fingerprint density at radius 2 is 2.15 bits per heavy atom. The molecule has 5 heteroatoms. The molecular weight excluding hydrogens is 183 g/mol. The van der Waals surface area contributed by atoms with Crippen LogP contribution < -0.4 is 0 Å². The quantitative estimate of drug-likeness (QED) is 0.668. The predicted octanol–water partition coefficient (Wildman–Crippen LogP) is 2.28. The molecule has 70 valence electrons. The van der Waals surface area contributed by atoms with E-state index in [0.29, 0.717) is 0 Å². The first-order chi connectivity index (χ1) is 6.06. The molecule has 1 aromatic rings. The van der Waals surface area contributed by atoms with Crippen molar-refractivity contribution in [1.29, 1.82) is 0 Å². The lowest BCUT2D eigenvalue weighted by atomic mass is 10.2. The van der Waals surface area contributed by atoms with Crippen LogP contribution in [0.2, 0.25) is 0 Å². The Morgan fingerprint density at radius 3 is 2.62 bits per heavy atom. The highest BCUT2D eigenvalue weighted by Gasteiger charge is 2.19. The minimum absolute atomic E-state index is 0.123. The molecule has 0 atom stereocenters. The van der Waals surface area contributed by atoms with Crippen LogP contribution in [0.1, 0.15) is 28.2 Å². The summed E-state index contributed by atoms with van der Waals surface area (Å²) >= 11 is 0. The van der Waals surface area contributed by atoms with E-state index in [4.69, 9.17) is 0 Å². The number of halogens is 3. The Morgan fingerprint density at radius 1 is 1.54 bits per heavy atom. The van der Waals surface area contributed by atoms with E-state index in [1.807, 2.05) is 0 Å². The van der Waals surface area contributed by atoms with E-state index in [2.05, 4.69) is 4.98 Å². The topological polar surface area (TPSA) is 30.0 Å². The molecular formula is C8H6F3NO. The summed E-state index contributed by atoms with van der Waals surface area (Å²) in [5.74, 6) is -1.09. The largest absolute Gasteiger partial charge is 0.296 e. The van der Waals surface area contributed by atoms with Crippen molar-refractivity contribution in [3.05, 3.63) is 28.8 Å². The van der Waals surface area contributed by atoms with Crippen LogP contribution in [0.3, 0.4) is 0 Å². The molecule has 0 fully saturated rings. The summed E-state index contributed by atoms with van der Waals surface area (Å²) in [5.41, 5.74) is -1.27. The fraction of sp³-hybridized carbons (Fsp3) is 0.250. The van der Waals surface area contributed by atoms with Gasteiger partial charge >= 0.3 is 0 Å². The van der Waals surface area contributed by atoms with Crippen LogP contribution in [0.4, 0.5) is 13.2 Å². The van der Waals surface area contributed by atoms with E-state index in [-0.39, 0.29) is 12.0 Å². The van der Waals surface area contributed by atoms with Gasteiger partial charge < -0.3 is 0 Å². The van der Waals surface area contributed by atoms with Gasteiger partial charge in [-0.15, -0.1) is 0 Å². The fourth-order valence-corrected chi connectivity index (χ4v) is 0.972. The van der Waals surface area contributed by atoms with Gasteiger partial charge in [0.2, 0.25) is 0 Å². The highest BCUT2D eigenvalue weighted by atomic mass is 19.3. The Bertz CT molecular complexity index is 338. The summed E-state index contributed by atoms with van der Waals surface area (Å²) in [5, 5.41) is 0. The second-order valence-electron chi connectivity index (χ2n) is 2.46. The lowest BCUT2D eigenvalue weighted by molar-refractivity contribution is 0.109. The minimum Gasteiger partial charge on any atom is -0.296 e. The van der Waals surface area contributed by atoms with E-state index in [1.54, 1.807) is 0 Å². The zero-order valence-electron chi connectivity index (χ0n) is 6.72. The molecule has 0 aliphatic heterocycles. The first-order valence-electron chi connectivity index (χ1n) is 3.46. The maximum Gasteiger partial charge on any atom is 0.268 e. The molecule has 0 aromatic carbocycles. The molecule has 1 rings (SSSR count). The Hall–Kier alpha value is -1.39. The van der Waals surface area contributed by atoms with Crippen molar-refractivity contribution in [2.24, 2.45) is 0 Å². The highest BCUT2D eigenvalue weighted by molar-refractivity contribution is 5.74. The van der Waals surface area contributed by atoms with Gasteiger partial charge in [-0.25, -0.2) is 18.2 Å². The van der Waals surface area contributed by atoms with Crippen molar-refractivity contribution in [1.82, 2.24) is 4.98 Å². The van der Waals surface area contributed by atoms with Crippen LogP contribution in [0.15, 0.2) is 6.07 Å². The highest BCUT2D eigenvalue weighted by Crippen LogP contribution is 2.24. The van der Waals surface area contributed by atoms with E-state index < -0.39 is 23.5 Å². The van der Waals surface area contributed by atoms with Crippen LogP contribution in [-0.2, 0) is 0 Å². The van der Waals surface area contributed by atoms with Crippen LogP contribution in [-0.4, -0.2) is 11.3 Å². The van der Waals surface area contributed by atoms with Gasteiger partial charge in [0, 0.05) is 5.69 Å². The number of hydrogen-bond acceptors (Lipinski definition) is 2. The van der Waals surface area contributed by atoms with E-state index in [0.717, 1.165) is 6.07 Å². The monoisotopic (exact) mass is 189 g/mol. The van der Waals surface area contributed by atoms with Crippen LogP contribution in [0.25, 0.3) is 0 Å². The summed E-state index contributed by atoms with van der Waals surface area (Å²) in [4.78, 5) is 13.8. The molecule has 0 amide bonds. The predicted molar refractivity (Wildman–Crippen MR) is 39.3 cm³/mol. The zero-order chi connectivity index (χ0) is 10.0. The number of aryl methyl sites for hydroxylation is 1. The number of pyridine rings is 1. The number of aromatic nitrogens is 1. The number of alkyl halides is 2. The van der Waals surface area contributed by atoms with Gasteiger partial charge in [0.15, 0.2) is 6.29 Å². The molecule has 1 aromatic heterocycles. The number of carbonyl (C=O) groups excluding carboxylic acids is 1. The van der Waals surface area contributed by atoms with Gasteiger partial charge in [-0.3, -0.25) is 4.79 Å². The number of hydrogen-bond donors (Lipinski definition) is 0. The summed E-state index contributed by atoms with van der Waals surface area (Å²) < 4.78 is 37.2. The van der Waals surface area contributed by atoms with Crippen molar-refractivity contribution in [3.63, 3.8) is 0 Å². The molecule has 0 saturated heterocycles. The molecule has 0 N–H and O–H groups in total.